The van der Waals surface area contributed by atoms with Crippen LogP contribution in [0.3, 0.4) is 0 Å². The molecule has 0 spiro atoms. The third-order valence-corrected chi connectivity index (χ3v) is 5.35. The second-order valence-corrected chi connectivity index (χ2v) is 6.99. The van der Waals surface area contributed by atoms with Gasteiger partial charge in [-0.1, -0.05) is 11.3 Å². The molecule has 0 bridgehead atoms. The molecule has 2 heterocycles. The van der Waals surface area contributed by atoms with Crippen molar-refractivity contribution in [1.82, 2.24) is 10.2 Å². The smallest absolute Gasteiger partial charge is 0.148 e. The Hall–Kier alpha value is -2.44. The first-order valence-electron chi connectivity index (χ1n) is 8.83. The van der Waals surface area contributed by atoms with Crippen LogP contribution in [0.1, 0.15) is 6.92 Å². The number of aromatic nitrogens is 2. The third-order valence-electron chi connectivity index (χ3n) is 4.33. The van der Waals surface area contributed by atoms with Crippen LogP contribution in [0.4, 0.5) is 5.69 Å². The lowest BCUT2D eigenvalue weighted by atomic mass is 10.2. The minimum absolute atomic E-state index is 0.669. The zero-order valence-corrected chi connectivity index (χ0v) is 15.5. The summed E-state index contributed by atoms with van der Waals surface area (Å²) in [6.45, 7) is 6.13. The summed E-state index contributed by atoms with van der Waals surface area (Å²) in [5, 5.41) is 10.6. The Balaban J connectivity index is 1.50. The van der Waals surface area contributed by atoms with E-state index in [1.807, 2.05) is 31.2 Å². The molecular weight excluding hydrogens is 346 g/mol. The molecule has 1 aliphatic heterocycles. The molecule has 1 aliphatic rings. The van der Waals surface area contributed by atoms with Gasteiger partial charge < -0.3 is 14.4 Å². The number of hydrogen-bond acceptors (Lipinski definition) is 6. The molecule has 1 saturated heterocycles. The lowest BCUT2D eigenvalue weighted by molar-refractivity contribution is 0.122. The Bertz CT molecular complexity index is 840. The Morgan fingerprint density at radius 3 is 2.08 bits per heavy atom. The van der Waals surface area contributed by atoms with E-state index >= 15 is 0 Å². The number of nitrogens with zero attached hydrogens (tertiary/aromatic N) is 3. The molecule has 0 radical (unpaired) electrons. The second-order valence-electron chi connectivity index (χ2n) is 6.02. The zero-order chi connectivity index (χ0) is 17.8. The predicted molar refractivity (Wildman–Crippen MR) is 105 cm³/mol. The van der Waals surface area contributed by atoms with Gasteiger partial charge >= 0.3 is 0 Å². The van der Waals surface area contributed by atoms with E-state index in [0.717, 1.165) is 53.2 Å². The Kier molecular flexibility index (Phi) is 5.13. The molecule has 5 nitrogen and oxygen atoms in total. The molecule has 1 fully saturated rings. The van der Waals surface area contributed by atoms with Crippen LogP contribution in [0, 0.1) is 0 Å². The molecule has 26 heavy (non-hydrogen) atoms. The van der Waals surface area contributed by atoms with Crippen molar-refractivity contribution in [1.29, 1.82) is 0 Å². The fourth-order valence-electron chi connectivity index (χ4n) is 2.95. The van der Waals surface area contributed by atoms with Gasteiger partial charge in [-0.15, -0.1) is 10.2 Å². The highest BCUT2D eigenvalue weighted by Crippen LogP contribution is 2.31. The highest BCUT2D eigenvalue weighted by Gasteiger charge is 2.13. The van der Waals surface area contributed by atoms with Crippen LogP contribution in [-0.2, 0) is 4.74 Å². The Morgan fingerprint density at radius 1 is 0.923 bits per heavy atom. The molecule has 0 saturated carbocycles. The number of benzene rings is 2. The number of anilines is 1. The van der Waals surface area contributed by atoms with Crippen molar-refractivity contribution in [2.75, 3.05) is 37.8 Å². The van der Waals surface area contributed by atoms with Gasteiger partial charge in [0, 0.05) is 29.9 Å². The molecule has 1 aromatic heterocycles. The lowest BCUT2D eigenvalue weighted by Crippen LogP contribution is -2.36. The quantitative estimate of drug-likeness (QED) is 0.679. The van der Waals surface area contributed by atoms with Crippen LogP contribution < -0.4 is 9.64 Å². The molecule has 0 amide bonds. The molecule has 4 rings (SSSR count). The monoisotopic (exact) mass is 367 g/mol. The molecule has 0 atom stereocenters. The first-order valence-corrected chi connectivity index (χ1v) is 9.65. The maximum atomic E-state index is 5.49. The van der Waals surface area contributed by atoms with Crippen LogP contribution >= 0.6 is 11.3 Å². The normalized spacial score (nSPS) is 14.4. The third kappa shape index (κ3) is 3.71. The molecule has 3 aromatic rings. The number of rotatable bonds is 5. The number of morpholine rings is 1. The molecule has 2 aromatic carbocycles. The van der Waals surface area contributed by atoms with Gasteiger partial charge in [0.25, 0.3) is 0 Å². The zero-order valence-electron chi connectivity index (χ0n) is 14.7. The van der Waals surface area contributed by atoms with E-state index in [1.165, 1.54) is 5.69 Å². The maximum Gasteiger partial charge on any atom is 0.148 e. The predicted octanol–water partition coefficient (Wildman–Crippen LogP) is 4.11. The highest BCUT2D eigenvalue weighted by atomic mass is 32.1. The van der Waals surface area contributed by atoms with Gasteiger partial charge in [-0.2, -0.15) is 0 Å². The van der Waals surface area contributed by atoms with Gasteiger partial charge in [0.1, 0.15) is 15.8 Å². The maximum absolute atomic E-state index is 5.49. The summed E-state index contributed by atoms with van der Waals surface area (Å²) >= 11 is 1.60. The molecular formula is C20H21N3O2S. The van der Waals surface area contributed by atoms with Gasteiger partial charge in [-0.25, -0.2) is 0 Å². The minimum atomic E-state index is 0.669. The topological polar surface area (TPSA) is 47.5 Å². The van der Waals surface area contributed by atoms with Crippen molar-refractivity contribution < 1.29 is 9.47 Å². The summed E-state index contributed by atoms with van der Waals surface area (Å²) in [5.41, 5.74) is 3.38. The fourth-order valence-corrected chi connectivity index (χ4v) is 3.81. The van der Waals surface area contributed by atoms with Crippen molar-refractivity contribution in [2.45, 2.75) is 6.92 Å². The van der Waals surface area contributed by atoms with E-state index in [-0.39, 0.29) is 0 Å². The van der Waals surface area contributed by atoms with E-state index in [1.54, 1.807) is 11.3 Å². The summed E-state index contributed by atoms with van der Waals surface area (Å²) in [5.74, 6) is 0.875. The van der Waals surface area contributed by atoms with E-state index in [0.29, 0.717) is 6.61 Å². The van der Waals surface area contributed by atoms with Crippen LogP contribution in [0.15, 0.2) is 48.5 Å². The van der Waals surface area contributed by atoms with Gasteiger partial charge in [-0.05, 0) is 55.5 Å². The van der Waals surface area contributed by atoms with Crippen molar-refractivity contribution >= 4 is 17.0 Å². The fraction of sp³-hybridized carbons (Fsp3) is 0.300. The van der Waals surface area contributed by atoms with E-state index in [4.69, 9.17) is 9.47 Å². The van der Waals surface area contributed by atoms with Crippen molar-refractivity contribution in [2.24, 2.45) is 0 Å². The minimum Gasteiger partial charge on any atom is -0.494 e. The standard InChI is InChI=1S/C20H21N3O2S/c1-2-25-18-9-5-16(6-10-18)20-22-21-19(26-20)15-3-7-17(8-4-15)23-11-13-24-14-12-23/h3-10H,2,11-14H2,1H3. The molecule has 6 heteroatoms. The molecule has 0 unspecified atom stereocenters. The summed E-state index contributed by atoms with van der Waals surface area (Å²) in [4.78, 5) is 2.35. The van der Waals surface area contributed by atoms with Gasteiger partial charge in [-0.3, -0.25) is 0 Å². The van der Waals surface area contributed by atoms with Gasteiger partial charge in [0.15, 0.2) is 0 Å². The Morgan fingerprint density at radius 2 is 1.50 bits per heavy atom. The van der Waals surface area contributed by atoms with Crippen LogP contribution in [-0.4, -0.2) is 43.1 Å². The number of hydrogen-bond donors (Lipinski definition) is 0. The van der Waals surface area contributed by atoms with Crippen LogP contribution in [0.25, 0.3) is 21.1 Å². The second kappa shape index (κ2) is 7.85. The van der Waals surface area contributed by atoms with E-state index in [2.05, 4.69) is 39.4 Å². The largest absolute Gasteiger partial charge is 0.494 e. The summed E-state index contributed by atoms with van der Waals surface area (Å²) in [6, 6.07) is 16.5. The summed E-state index contributed by atoms with van der Waals surface area (Å²) in [6.07, 6.45) is 0. The SMILES string of the molecule is CCOc1ccc(-c2nnc(-c3ccc(N4CCOCC4)cc3)s2)cc1. The van der Waals surface area contributed by atoms with E-state index in [9.17, 15) is 0 Å². The summed E-state index contributed by atoms with van der Waals surface area (Å²) in [7, 11) is 0. The Labute approximate surface area is 157 Å². The highest BCUT2D eigenvalue weighted by molar-refractivity contribution is 7.17. The van der Waals surface area contributed by atoms with Crippen LogP contribution in [0.5, 0.6) is 5.75 Å². The van der Waals surface area contributed by atoms with Crippen molar-refractivity contribution in [3.8, 4) is 26.9 Å². The first-order chi connectivity index (χ1) is 12.8. The van der Waals surface area contributed by atoms with Crippen LogP contribution in [0.2, 0.25) is 0 Å². The van der Waals surface area contributed by atoms with Gasteiger partial charge in [0.05, 0.1) is 19.8 Å². The first kappa shape index (κ1) is 17.0. The summed E-state index contributed by atoms with van der Waals surface area (Å²) < 4.78 is 10.9. The lowest BCUT2D eigenvalue weighted by Gasteiger charge is -2.28. The molecule has 0 aliphatic carbocycles. The van der Waals surface area contributed by atoms with Gasteiger partial charge in [0.2, 0.25) is 0 Å². The number of ether oxygens (including phenoxy) is 2. The van der Waals surface area contributed by atoms with Crippen molar-refractivity contribution in [3.05, 3.63) is 48.5 Å². The molecule has 0 N–H and O–H groups in total. The molecule has 134 valence electrons. The average Bonchev–Trinajstić information content (AvgIpc) is 3.20. The van der Waals surface area contributed by atoms with Crippen molar-refractivity contribution in [3.63, 3.8) is 0 Å². The van der Waals surface area contributed by atoms with E-state index < -0.39 is 0 Å². The average molecular weight is 367 g/mol.